The smallest absolute Gasteiger partial charge is 0.251 e. The Kier molecular flexibility index (Phi) is 7.50. The van der Waals surface area contributed by atoms with Crippen molar-refractivity contribution < 1.29 is 14.3 Å². The Bertz CT molecular complexity index is 708. The number of carbonyl (C=O) groups excluding carboxylic acids is 2. The number of hydrogen-bond donors (Lipinski definition) is 0. The third-order valence-electron chi connectivity index (χ3n) is 5.44. The quantitative estimate of drug-likeness (QED) is 0.736. The molecule has 2 saturated heterocycles. The molecule has 5 heteroatoms. The van der Waals surface area contributed by atoms with Crippen LogP contribution in [-0.4, -0.2) is 60.5 Å². The second-order valence-corrected chi connectivity index (χ2v) is 7.53. The van der Waals surface area contributed by atoms with Gasteiger partial charge in [-0.05, 0) is 44.2 Å². The van der Waals surface area contributed by atoms with Crippen LogP contribution in [0.2, 0.25) is 0 Å². The predicted molar refractivity (Wildman–Crippen MR) is 108 cm³/mol. The summed E-state index contributed by atoms with van der Waals surface area (Å²) >= 11 is 0. The van der Waals surface area contributed by atoms with Gasteiger partial charge in [0.25, 0.3) is 5.91 Å². The van der Waals surface area contributed by atoms with Gasteiger partial charge in [-0.3, -0.25) is 9.59 Å². The summed E-state index contributed by atoms with van der Waals surface area (Å²) in [5, 5.41) is 0. The minimum absolute atomic E-state index is 0.0152. The van der Waals surface area contributed by atoms with Gasteiger partial charge < -0.3 is 14.5 Å². The fourth-order valence-corrected chi connectivity index (χ4v) is 3.88. The Morgan fingerprint density at radius 2 is 1.93 bits per heavy atom. The summed E-state index contributed by atoms with van der Waals surface area (Å²) in [6.07, 6.45) is 3.88. The van der Waals surface area contributed by atoms with Crippen LogP contribution in [0.4, 0.5) is 0 Å². The molecule has 150 valence electrons. The normalized spacial score (nSPS) is 19.8. The van der Waals surface area contributed by atoms with E-state index in [1.54, 1.807) is 0 Å². The molecule has 28 heavy (non-hydrogen) atoms. The van der Waals surface area contributed by atoms with E-state index in [-0.39, 0.29) is 23.8 Å². The lowest BCUT2D eigenvalue weighted by molar-refractivity contribution is -0.145. The van der Waals surface area contributed by atoms with Crippen LogP contribution in [0.3, 0.4) is 0 Å². The third kappa shape index (κ3) is 5.36. The number of amides is 2. The van der Waals surface area contributed by atoms with Crippen molar-refractivity contribution in [3.05, 3.63) is 35.9 Å². The first-order chi connectivity index (χ1) is 13.7. The van der Waals surface area contributed by atoms with E-state index in [0.717, 1.165) is 44.2 Å². The highest BCUT2D eigenvalue weighted by molar-refractivity contribution is 5.82. The Balaban J connectivity index is 1.52. The van der Waals surface area contributed by atoms with Gasteiger partial charge in [0.2, 0.25) is 5.91 Å². The molecule has 2 fully saturated rings. The summed E-state index contributed by atoms with van der Waals surface area (Å²) in [7, 11) is 0. The van der Waals surface area contributed by atoms with Crippen LogP contribution in [0, 0.1) is 17.8 Å². The van der Waals surface area contributed by atoms with Crippen molar-refractivity contribution in [2.45, 2.75) is 45.1 Å². The van der Waals surface area contributed by atoms with Crippen LogP contribution in [0.25, 0.3) is 0 Å². The molecule has 1 aromatic rings. The number of benzene rings is 1. The Hall–Kier alpha value is -2.32. The van der Waals surface area contributed by atoms with Crippen LogP contribution in [0.5, 0.6) is 0 Å². The number of likely N-dealkylation sites (tertiary alicyclic amines) is 1. The van der Waals surface area contributed by atoms with Crippen LogP contribution < -0.4 is 0 Å². The molecule has 0 saturated carbocycles. The molecule has 0 N–H and O–H groups in total. The lowest BCUT2D eigenvalue weighted by Gasteiger charge is -2.34. The summed E-state index contributed by atoms with van der Waals surface area (Å²) in [6, 6.07) is 9.84. The predicted octanol–water partition coefficient (Wildman–Crippen LogP) is 2.69. The van der Waals surface area contributed by atoms with Crippen molar-refractivity contribution in [3.63, 3.8) is 0 Å². The first-order valence-corrected chi connectivity index (χ1v) is 10.4. The first-order valence-electron chi connectivity index (χ1n) is 10.4. The fraction of sp³-hybridized carbons (Fsp3) is 0.565. The van der Waals surface area contributed by atoms with E-state index in [2.05, 4.69) is 18.8 Å². The summed E-state index contributed by atoms with van der Waals surface area (Å²) in [6.45, 7) is 5.22. The molecule has 0 unspecified atom stereocenters. The number of piperidine rings is 1. The number of carbonyl (C=O) groups is 2. The zero-order valence-electron chi connectivity index (χ0n) is 16.7. The summed E-state index contributed by atoms with van der Waals surface area (Å²) < 4.78 is 5.51. The molecule has 1 aromatic carbocycles. The lowest BCUT2D eigenvalue weighted by Crippen LogP contribution is -2.47. The van der Waals surface area contributed by atoms with Crippen molar-refractivity contribution in [1.29, 1.82) is 0 Å². The molecule has 0 bridgehead atoms. The van der Waals surface area contributed by atoms with Crippen molar-refractivity contribution in [2.24, 2.45) is 5.92 Å². The highest BCUT2D eigenvalue weighted by Gasteiger charge is 2.33. The summed E-state index contributed by atoms with van der Waals surface area (Å²) in [5.74, 6) is 6.54. The average molecular weight is 383 g/mol. The number of nitrogens with zero attached hydrogens (tertiary/aromatic N) is 2. The van der Waals surface area contributed by atoms with E-state index in [1.165, 1.54) is 0 Å². The number of rotatable bonds is 5. The van der Waals surface area contributed by atoms with Gasteiger partial charge in [-0.15, -0.1) is 0 Å². The van der Waals surface area contributed by atoms with E-state index in [0.29, 0.717) is 26.2 Å². The van der Waals surface area contributed by atoms with Gasteiger partial charge in [0.15, 0.2) is 0 Å². The average Bonchev–Trinajstić information content (AvgIpc) is 3.28. The summed E-state index contributed by atoms with van der Waals surface area (Å²) in [5.41, 5.74) is 0.965. The monoisotopic (exact) mass is 382 g/mol. The zero-order chi connectivity index (χ0) is 19.8. The fourth-order valence-electron chi connectivity index (χ4n) is 3.88. The van der Waals surface area contributed by atoms with Crippen molar-refractivity contribution >= 4 is 11.8 Å². The van der Waals surface area contributed by atoms with Crippen molar-refractivity contribution in [1.82, 2.24) is 9.80 Å². The molecule has 0 radical (unpaired) electrons. The van der Waals surface area contributed by atoms with Crippen LogP contribution in [-0.2, 0) is 14.3 Å². The van der Waals surface area contributed by atoms with E-state index in [1.807, 2.05) is 40.1 Å². The summed E-state index contributed by atoms with van der Waals surface area (Å²) in [4.78, 5) is 29.2. The van der Waals surface area contributed by atoms with Crippen LogP contribution >= 0.6 is 0 Å². The molecule has 0 aromatic heterocycles. The van der Waals surface area contributed by atoms with E-state index >= 15 is 0 Å². The Morgan fingerprint density at radius 1 is 1.18 bits per heavy atom. The second-order valence-electron chi connectivity index (χ2n) is 7.53. The molecule has 2 amide bonds. The molecule has 0 spiro atoms. The maximum Gasteiger partial charge on any atom is 0.251 e. The largest absolute Gasteiger partial charge is 0.368 e. The van der Waals surface area contributed by atoms with Gasteiger partial charge in [0.05, 0.1) is 6.54 Å². The third-order valence-corrected chi connectivity index (χ3v) is 5.44. The minimum Gasteiger partial charge on any atom is -0.368 e. The number of ether oxygens (including phenoxy) is 1. The van der Waals surface area contributed by atoms with Gasteiger partial charge in [0.1, 0.15) is 6.10 Å². The van der Waals surface area contributed by atoms with Crippen LogP contribution in [0.1, 0.15) is 44.6 Å². The standard InChI is InChI=1S/C23H30N2O3/c1-2-14-24(15-6-10-19-8-4-3-5-9-19)22(26)20-12-16-25(17-13-20)23(27)21-11-7-18-28-21/h3-5,8-9,20-21H,2,7,11-18H2,1H3/t21-/m1/s1. The van der Waals surface area contributed by atoms with Gasteiger partial charge in [-0.25, -0.2) is 0 Å². The van der Waals surface area contributed by atoms with E-state index < -0.39 is 0 Å². The second kappa shape index (κ2) is 10.3. The molecular formula is C23H30N2O3. The molecule has 1 atom stereocenters. The maximum atomic E-state index is 13.0. The minimum atomic E-state index is -0.267. The molecule has 3 rings (SSSR count). The molecular weight excluding hydrogens is 352 g/mol. The molecule has 0 aliphatic carbocycles. The van der Waals surface area contributed by atoms with E-state index in [9.17, 15) is 9.59 Å². The highest BCUT2D eigenvalue weighted by atomic mass is 16.5. The Morgan fingerprint density at radius 3 is 2.57 bits per heavy atom. The SMILES string of the molecule is CCCN(CC#Cc1ccccc1)C(=O)C1CCN(C(=O)[C@H]2CCCO2)CC1. The van der Waals surface area contributed by atoms with Crippen molar-refractivity contribution in [3.8, 4) is 11.8 Å². The first kappa shape index (κ1) is 20.4. The zero-order valence-corrected chi connectivity index (χ0v) is 16.7. The molecule has 2 aliphatic heterocycles. The van der Waals surface area contributed by atoms with Gasteiger partial charge in [-0.1, -0.05) is 37.0 Å². The van der Waals surface area contributed by atoms with Crippen LogP contribution in [0.15, 0.2) is 30.3 Å². The van der Waals surface area contributed by atoms with Gasteiger partial charge in [0, 0.05) is 37.7 Å². The molecule has 2 aliphatic rings. The number of hydrogen-bond acceptors (Lipinski definition) is 3. The molecule has 2 heterocycles. The molecule has 5 nitrogen and oxygen atoms in total. The topological polar surface area (TPSA) is 49.9 Å². The van der Waals surface area contributed by atoms with E-state index in [4.69, 9.17) is 4.74 Å². The van der Waals surface area contributed by atoms with Crippen molar-refractivity contribution in [2.75, 3.05) is 32.8 Å². The van der Waals surface area contributed by atoms with Gasteiger partial charge >= 0.3 is 0 Å². The van der Waals surface area contributed by atoms with Gasteiger partial charge in [-0.2, -0.15) is 0 Å². The lowest BCUT2D eigenvalue weighted by atomic mass is 9.94. The Labute approximate surface area is 168 Å². The maximum absolute atomic E-state index is 13.0. The highest BCUT2D eigenvalue weighted by Crippen LogP contribution is 2.23.